The topological polar surface area (TPSA) is 208 Å². The van der Waals surface area contributed by atoms with Crippen molar-refractivity contribution in [2.45, 2.75) is 179 Å². The minimum absolute atomic E-state index is 0.0414. The summed E-state index contributed by atoms with van der Waals surface area (Å²) >= 11 is 0. The predicted octanol–water partition coefficient (Wildman–Crippen LogP) is 1.78. The Kier molecular flexibility index (Phi) is 9.95. The zero-order chi connectivity index (χ0) is 39.9. The Morgan fingerprint density at radius 1 is 0.727 bits per heavy atom. The third kappa shape index (κ3) is 5.44. The quantitative estimate of drug-likeness (QED) is 0.143. The molecule has 13 nitrogen and oxygen atoms in total. The second-order valence-electron chi connectivity index (χ2n) is 21.0. The molecule has 55 heavy (non-hydrogen) atoms. The Hall–Kier alpha value is -0.780. The van der Waals surface area contributed by atoms with Crippen LogP contribution in [0.1, 0.15) is 99.8 Å². The Morgan fingerprint density at radius 3 is 2.13 bits per heavy atom. The number of fused-ring (bicyclic) bond motifs is 4. The molecule has 0 amide bonds. The van der Waals surface area contributed by atoms with Gasteiger partial charge < -0.3 is 64.5 Å². The number of hydrogen-bond acceptors (Lipinski definition) is 13. The molecule has 1 spiro atoms. The molecule has 5 aliphatic carbocycles. The van der Waals surface area contributed by atoms with Gasteiger partial charge in [-0.2, -0.15) is 0 Å². The second kappa shape index (κ2) is 13.4. The van der Waals surface area contributed by atoms with Crippen molar-refractivity contribution in [3.8, 4) is 0 Å². The van der Waals surface area contributed by atoms with E-state index in [4.69, 9.17) is 23.7 Å². The number of hydrogen-bond donors (Lipinski definition) is 8. The molecule has 2 bridgehead atoms. The van der Waals surface area contributed by atoms with Gasteiger partial charge in [-0.1, -0.05) is 53.7 Å². The molecular formula is C42H68O13. The maximum Gasteiger partial charge on any atom is 0.187 e. The smallest absolute Gasteiger partial charge is 0.187 e. The second-order valence-corrected chi connectivity index (χ2v) is 21.0. The van der Waals surface area contributed by atoms with E-state index in [9.17, 15) is 40.9 Å². The highest BCUT2D eigenvalue weighted by molar-refractivity contribution is 5.36. The highest BCUT2D eigenvalue weighted by Gasteiger charge is 2.79. The zero-order valence-corrected chi connectivity index (χ0v) is 33.7. The molecule has 8 aliphatic rings. The van der Waals surface area contributed by atoms with E-state index in [1.165, 1.54) is 0 Å². The largest absolute Gasteiger partial charge is 0.396 e. The number of rotatable bonds is 6. The van der Waals surface area contributed by atoms with Crippen LogP contribution in [0, 0.1) is 50.2 Å². The van der Waals surface area contributed by atoms with Crippen LogP contribution in [-0.2, 0) is 23.7 Å². The van der Waals surface area contributed by atoms with Gasteiger partial charge in [-0.3, -0.25) is 0 Å². The lowest BCUT2D eigenvalue weighted by Gasteiger charge is -2.73. The van der Waals surface area contributed by atoms with Crippen molar-refractivity contribution in [1.29, 1.82) is 0 Å². The summed E-state index contributed by atoms with van der Waals surface area (Å²) < 4.78 is 31.2. The van der Waals surface area contributed by atoms with Crippen molar-refractivity contribution in [3.05, 3.63) is 12.2 Å². The van der Waals surface area contributed by atoms with Gasteiger partial charge in [0.15, 0.2) is 12.6 Å². The monoisotopic (exact) mass is 780 g/mol. The van der Waals surface area contributed by atoms with Gasteiger partial charge in [0.25, 0.3) is 0 Å². The molecule has 0 aromatic rings. The average Bonchev–Trinajstić information content (AvgIpc) is 3.41. The maximum absolute atomic E-state index is 12.1. The Labute approximate surface area is 325 Å². The first-order valence-electron chi connectivity index (χ1n) is 20.9. The van der Waals surface area contributed by atoms with Crippen molar-refractivity contribution < 1.29 is 64.5 Å². The van der Waals surface area contributed by atoms with Crippen LogP contribution in [0.5, 0.6) is 0 Å². The molecule has 10 unspecified atom stereocenters. The first kappa shape index (κ1) is 41.0. The lowest BCUT2D eigenvalue weighted by atomic mass is 9.32. The molecule has 3 saturated heterocycles. The van der Waals surface area contributed by atoms with Crippen molar-refractivity contribution in [2.75, 3.05) is 19.8 Å². The van der Waals surface area contributed by atoms with Gasteiger partial charge in [-0.15, -0.1) is 0 Å². The van der Waals surface area contributed by atoms with Crippen molar-refractivity contribution in [1.82, 2.24) is 0 Å². The van der Waals surface area contributed by atoms with E-state index >= 15 is 0 Å². The fourth-order valence-electron chi connectivity index (χ4n) is 14.3. The lowest BCUT2D eigenvalue weighted by molar-refractivity contribution is -0.367. The maximum atomic E-state index is 12.1. The molecule has 3 aliphatic heterocycles. The molecule has 0 aromatic heterocycles. The molecule has 0 radical (unpaired) electrons. The molecule has 4 saturated carbocycles. The highest BCUT2D eigenvalue weighted by atomic mass is 16.7. The summed E-state index contributed by atoms with van der Waals surface area (Å²) in [5.41, 5.74) is -1.90. The molecule has 7 fully saturated rings. The van der Waals surface area contributed by atoms with E-state index in [0.29, 0.717) is 19.4 Å². The summed E-state index contributed by atoms with van der Waals surface area (Å²) in [5.74, 6) is 0.449. The summed E-state index contributed by atoms with van der Waals surface area (Å²) in [5, 5.41) is 87.0. The summed E-state index contributed by atoms with van der Waals surface area (Å²) in [6, 6.07) is 0. The molecular weight excluding hydrogens is 712 g/mol. The molecule has 13 heteroatoms. The summed E-state index contributed by atoms with van der Waals surface area (Å²) in [4.78, 5) is 0. The van der Waals surface area contributed by atoms with Gasteiger partial charge in [-0.05, 0) is 86.4 Å². The van der Waals surface area contributed by atoms with E-state index in [-0.39, 0.29) is 51.4 Å². The van der Waals surface area contributed by atoms with Crippen molar-refractivity contribution >= 4 is 0 Å². The zero-order valence-electron chi connectivity index (χ0n) is 33.7. The van der Waals surface area contributed by atoms with Crippen LogP contribution in [0.25, 0.3) is 0 Å². The van der Waals surface area contributed by atoms with Crippen LogP contribution >= 0.6 is 0 Å². The number of aliphatic hydroxyl groups excluding tert-OH is 8. The molecule has 3 heterocycles. The van der Waals surface area contributed by atoms with Crippen LogP contribution in [0.3, 0.4) is 0 Å². The van der Waals surface area contributed by atoms with Gasteiger partial charge in [0.1, 0.15) is 42.7 Å². The average molecular weight is 781 g/mol. The SMILES string of the molecule is CC1O[C@H](OC2CC[C@@]3(C)[C@H]4C=C[C@]56OC[C@@]7(CCC(C)(C)C[C@H]75)C(O)C[C@@]6(C)[C@]4(C)CC[C@@H]3[C@]2(C)CO)C(O)C(O[C@@H]2OC(CO)C(O)C(O)C2O)C1O. The minimum Gasteiger partial charge on any atom is -0.396 e. The van der Waals surface area contributed by atoms with Gasteiger partial charge in [0.05, 0.1) is 43.7 Å². The number of aliphatic hydroxyl groups is 8. The van der Waals surface area contributed by atoms with Gasteiger partial charge in [0, 0.05) is 22.2 Å². The third-order valence-corrected chi connectivity index (χ3v) is 17.9. The lowest BCUT2D eigenvalue weighted by Crippen LogP contribution is -2.72. The van der Waals surface area contributed by atoms with Crippen molar-refractivity contribution in [2.24, 2.45) is 50.2 Å². The van der Waals surface area contributed by atoms with E-state index in [0.717, 1.165) is 38.5 Å². The molecule has 8 rings (SSSR count). The summed E-state index contributed by atoms with van der Waals surface area (Å²) in [6.07, 6.45) is -3.39. The number of ether oxygens (including phenoxy) is 5. The fourth-order valence-corrected chi connectivity index (χ4v) is 14.3. The van der Waals surface area contributed by atoms with E-state index in [1.54, 1.807) is 6.92 Å². The molecule has 0 aromatic carbocycles. The molecule has 21 atom stereocenters. The van der Waals surface area contributed by atoms with E-state index in [1.807, 2.05) is 0 Å². The van der Waals surface area contributed by atoms with Crippen LogP contribution < -0.4 is 0 Å². The molecule has 8 N–H and O–H groups in total. The van der Waals surface area contributed by atoms with Gasteiger partial charge >= 0.3 is 0 Å². The number of allylic oxidation sites excluding steroid dienone is 1. The van der Waals surface area contributed by atoms with Crippen molar-refractivity contribution in [3.63, 3.8) is 0 Å². The van der Waals surface area contributed by atoms with Crippen LogP contribution in [0.4, 0.5) is 0 Å². The molecule has 314 valence electrons. The summed E-state index contributed by atoms with van der Waals surface area (Å²) in [7, 11) is 0. The van der Waals surface area contributed by atoms with Crippen LogP contribution in [0.2, 0.25) is 0 Å². The third-order valence-electron chi connectivity index (χ3n) is 17.9. The fraction of sp³-hybridized carbons (Fsp3) is 0.952. The minimum atomic E-state index is -1.72. The van der Waals surface area contributed by atoms with Crippen LogP contribution in [-0.4, -0.2) is 140 Å². The predicted molar refractivity (Wildman–Crippen MR) is 197 cm³/mol. The Morgan fingerprint density at radius 2 is 1.44 bits per heavy atom. The van der Waals surface area contributed by atoms with Crippen LogP contribution in [0.15, 0.2) is 12.2 Å². The Balaban J connectivity index is 1.05. The highest BCUT2D eigenvalue weighted by Crippen LogP contribution is 2.79. The van der Waals surface area contributed by atoms with E-state index in [2.05, 4.69) is 53.7 Å². The first-order chi connectivity index (χ1) is 25.7. The van der Waals surface area contributed by atoms with E-state index < -0.39 is 91.2 Å². The standard InChI is InChI=1S/C42H68O13/c1-21-28(46)33(55-34-31(49)30(48)29(47)22(18-43)53-34)32(50)35(52-21)54-27-10-11-37(4)23(38(27,5)19-44)8-12-39(6)24(37)9-13-42-25-16-36(2,3)14-15-41(25,20-51-42)26(45)17-40(39,42)7/h9,13,21-35,43-50H,8,10-12,14-20H2,1-7H3/t21?,22?,23-,24+,25+,26?,27?,28?,29?,30?,31?,32?,33?,34-,35+,37+,38-,39+,40-,41+,42-/m0/s1. The normalized spacial score (nSPS) is 59.7. The Bertz CT molecular complexity index is 1490. The first-order valence-corrected chi connectivity index (χ1v) is 20.9. The summed E-state index contributed by atoms with van der Waals surface area (Å²) in [6.45, 7) is 15.4. The van der Waals surface area contributed by atoms with Gasteiger partial charge in [0.2, 0.25) is 0 Å². The van der Waals surface area contributed by atoms with Gasteiger partial charge in [-0.25, -0.2) is 0 Å².